The molecule has 108 valence electrons. The fourth-order valence-corrected chi connectivity index (χ4v) is 2.60. The van der Waals surface area contributed by atoms with Gasteiger partial charge in [0.25, 0.3) is 0 Å². The van der Waals surface area contributed by atoms with Crippen LogP contribution in [0, 0.1) is 5.41 Å². The van der Waals surface area contributed by atoms with E-state index in [1.807, 2.05) is 0 Å². The van der Waals surface area contributed by atoms with E-state index in [4.69, 9.17) is 4.74 Å². The largest absolute Gasteiger partial charge is 0.469 e. The van der Waals surface area contributed by atoms with E-state index in [1.54, 1.807) is 0 Å². The van der Waals surface area contributed by atoms with E-state index in [2.05, 4.69) is 55.8 Å². The van der Waals surface area contributed by atoms with Gasteiger partial charge in [0.1, 0.15) is 0 Å². The van der Waals surface area contributed by atoms with Crippen LogP contribution in [0.4, 0.5) is 0 Å². The number of nitrogens with zero attached hydrogens (tertiary/aromatic N) is 1. The summed E-state index contributed by atoms with van der Waals surface area (Å²) in [6.07, 6.45) is 2.40. The number of methoxy groups -OCH3 is 1. The molecule has 0 N–H and O–H groups in total. The fourth-order valence-electron chi connectivity index (χ4n) is 2.60. The summed E-state index contributed by atoms with van der Waals surface area (Å²) in [5.41, 5.74) is 2.53. The zero-order valence-corrected chi connectivity index (χ0v) is 12.8. The second-order valence-electron chi connectivity index (χ2n) is 6.17. The second kappa shape index (κ2) is 5.70. The number of aromatic nitrogens is 1. The number of carbonyl (C=O) groups is 1. The SMILES string of the molecule is COC(=O)CC(C)(C)CCc1cc2ccccc2n1C. The molecule has 3 nitrogen and oxygen atoms in total. The molecule has 0 saturated heterocycles. The third-order valence-electron chi connectivity index (χ3n) is 3.96. The highest BCUT2D eigenvalue weighted by atomic mass is 16.5. The minimum Gasteiger partial charge on any atom is -0.469 e. The Bertz CT molecular complexity index is 610. The lowest BCUT2D eigenvalue weighted by atomic mass is 9.84. The molecule has 1 aromatic carbocycles. The summed E-state index contributed by atoms with van der Waals surface area (Å²) in [5.74, 6) is -0.132. The number of benzene rings is 1. The van der Waals surface area contributed by atoms with E-state index in [-0.39, 0.29) is 11.4 Å². The molecule has 20 heavy (non-hydrogen) atoms. The first kappa shape index (κ1) is 14.6. The molecular formula is C17H23NO2. The van der Waals surface area contributed by atoms with Crippen LogP contribution in [-0.2, 0) is 23.0 Å². The van der Waals surface area contributed by atoms with Crippen LogP contribution in [-0.4, -0.2) is 17.6 Å². The van der Waals surface area contributed by atoms with Gasteiger partial charge in [-0.05, 0) is 35.8 Å². The second-order valence-corrected chi connectivity index (χ2v) is 6.17. The number of ether oxygens (including phenoxy) is 1. The number of esters is 1. The van der Waals surface area contributed by atoms with Crippen LogP contribution in [0.2, 0.25) is 0 Å². The molecule has 0 spiro atoms. The highest BCUT2D eigenvalue weighted by molar-refractivity contribution is 5.81. The maximum absolute atomic E-state index is 11.4. The van der Waals surface area contributed by atoms with Crippen LogP contribution in [0.5, 0.6) is 0 Å². The van der Waals surface area contributed by atoms with Crippen LogP contribution >= 0.6 is 0 Å². The van der Waals surface area contributed by atoms with Crippen molar-refractivity contribution in [3.8, 4) is 0 Å². The first-order valence-corrected chi connectivity index (χ1v) is 7.03. The predicted octanol–water partition coefficient (Wildman–Crippen LogP) is 3.70. The summed E-state index contributed by atoms with van der Waals surface area (Å²) in [4.78, 5) is 11.4. The Morgan fingerprint density at radius 2 is 2.00 bits per heavy atom. The van der Waals surface area contributed by atoms with Crippen LogP contribution in [0.3, 0.4) is 0 Å². The molecule has 0 bridgehead atoms. The molecule has 0 fully saturated rings. The predicted molar refractivity (Wildman–Crippen MR) is 81.7 cm³/mol. The normalized spacial score (nSPS) is 11.8. The van der Waals surface area contributed by atoms with Crippen molar-refractivity contribution in [3.63, 3.8) is 0 Å². The maximum atomic E-state index is 11.4. The molecule has 0 aliphatic heterocycles. The van der Waals surface area contributed by atoms with E-state index in [0.717, 1.165) is 12.8 Å². The molecule has 1 heterocycles. The van der Waals surface area contributed by atoms with Crippen molar-refractivity contribution in [3.05, 3.63) is 36.0 Å². The van der Waals surface area contributed by atoms with Gasteiger partial charge < -0.3 is 9.30 Å². The molecule has 0 aliphatic carbocycles. The fraction of sp³-hybridized carbons (Fsp3) is 0.471. The summed E-state index contributed by atoms with van der Waals surface area (Å²) in [6, 6.07) is 10.6. The third-order valence-corrected chi connectivity index (χ3v) is 3.96. The maximum Gasteiger partial charge on any atom is 0.306 e. The van der Waals surface area contributed by atoms with Crippen LogP contribution in [0.1, 0.15) is 32.4 Å². The van der Waals surface area contributed by atoms with Gasteiger partial charge in [0.2, 0.25) is 0 Å². The van der Waals surface area contributed by atoms with Crippen molar-refractivity contribution < 1.29 is 9.53 Å². The summed E-state index contributed by atoms with van der Waals surface area (Å²) in [7, 11) is 3.55. The number of carbonyl (C=O) groups excluding carboxylic acids is 1. The topological polar surface area (TPSA) is 31.2 Å². The Morgan fingerprint density at radius 1 is 1.30 bits per heavy atom. The lowest BCUT2D eigenvalue weighted by Gasteiger charge is -2.23. The first-order valence-electron chi connectivity index (χ1n) is 7.03. The molecule has 0 atom stereocenters. The molecule has 0 saturated carbocycles. The summed E-state index contributed by atoms with van der Waals surface area (Å²) in [6.45, 7) is 4.24. The van der Waals surface area contributed by atoms with Gasteiger partial charge in [-0.1, -0.05) is 32.0 Å². The van der Waals surface area contributed by atoms with E-state index >= 15 is 0 Å². The van der Waals surface area contributed by atoms with Crippen LogP contribution in [0.15, 0.2) is 30.3 Å². The highest BCUT2D eigenvalue weighted by Crippen LogP contribution is 2.29. The van der Waals surface area contributed by atoms with Crippen molar-refractivity contribution in [2.75, 3.05) is 7.11 Å². The van der Waals surface area contributed by atoms with Gasteiger partial charge in [0.05, 0.1) is 13.5 Å². The van der Waals surface area contributed by atoms with E-state index in [1.165, 1.54) is 23.7 Å². The quantitative estimate of drug-likeness (QED) is 0.778. The number of hydrogen-bond donors (Lipinski definition) is 0. The van der Waals surface area contributed by atoms with Crippen LogP contribution < -0.4 is 0 Å². The summed E-state index contributed by atoms with van der Waals surface area (Å²) < 4.78 is 7.01. The summed E-state index contributed by atoms with van der Waals surface area (Å²) in [5, 5.41) is 1.27. The van der Waals surface area contributed by atoms with Gasteiger partial charge in [-0.2, -0.15) is 0 Å². The molecule has 0 unspecified atom stereocenters. The van der Waals surface area contributed by atoms with Crippen molar-refractivity contribution in [1.29, 1.82) is 0 Å². The Labute approximate surface area is 120 Å². The Kier molecular flexibility index (Phi) is 4.17. The molecule has 0 radical (unpaired) electrons. The van der Waals surface area contributed by atoms with E-state index in [9.17, 15) is 4.79 Å². The van der Waals surface area contributed by atoms with Gasteiger partial charge in [0, 0.05) is 18.3 Å². The minimum absolute atomic E-state index is 0.0381. The minimum atomic E-state index is -0.132. The number of rotatable bonds is 5. The molecule has 1 aromatic heterocycles. The first-order chi connectivity index (χ1) is 9.43. The lowest BCUT2D eigenvalue weighted by Crippen LogP contribution is -2.19. The van der Waals surface area contributed by atoms with Crippen LogP contribution in [0.25, 0.3) is 10.9 Å². The number of fused-ring (bicyclic) bond motifs is 1. The Balaban J connectivity index is 2.09. The van der Waals surface area contributed by atoms with Gasteiger partial charge in [-0.3, -0.25) is 4.79 Å². The van der Waals surface area contributed by atoms with E-state index in [0.29, 0.717) is 6.42 Å². The van der Waals surface area contributed by atoms with Gasteiger partial charge >= 0.3 is 5.97 Å². The lowest BCUT2D eigenvalue weighted by molar-refractivity contribution is -0.143. The van der Waals surface area contributed by atoms with Crippen molar-refractivity contribution in [1.82, 2.24) is 4.57 Å². The smallest absolute Gasteiger partial charge is 0.306 e. The van der Waals surface area contributed by atoms with Gasteiger partial charge in [-0.15, -0.1) is 0 Å². The Hall–Kier alpha value is -1.77. The Morgan fingerprint density at radius 3 is 2.65 bits per heavy atom. The number of para-hydroxylation sites is 1. The van der Waals surface area contributed by atoms with E-state index < -0.39 is 0 Å². The average Bonchev–Trinajstić information content (AvgIpc) is 2.73. The molecular weight excluding hydrogens is 250 g/mol. The van der Waals surface area contributed by atoms with Gasteiger partial charge in [-0.25, -0.2) is 0 Å². The zero-order valence-electron chi connectivity index (χ0n) is 12.8. The zero-order chi connectivity index (χ0) is 14.8. The highest BCUT2D eigenvalue weighted by Gasteiger charge is 2.23. The number of hydrogen-bond acceptors (Lipinski definition) is 2. The van der Waals surface area contributed by atoms with Crippen molar-refractivity contribution >= 4 is 16.9 Å². The molecule has 2 aromatic rings. The standard InChI is InChI=1S/C17H23NO2/c1-17(2,12-16(19)20-4)10-9-14-11-13-7-5-6-8-15(13)18(14)3/h5-8,11H,9-10,12H2,1-4H3. The average molecular weight is 273 g/mol. The molecule has 0 amide bonds. The molecule has 3 heteroatoms. The monoisotopic (exact) mass is 273 g/mol. The summed E-state index contributed by atoms with van der Waals surface area (Å²) >= 11 is 0. The number of aryl methyl sites for hydroxylation is 2. The third kappa shape index (κ3) is 3.21. The molecule has 2 rings (SSSR count). The molecule has 0 aliphatic rings. The van der Waals surface area contributed by atoms with Gasteiger partial charge in [0.15, 0.2) is 0 Å². The van der Waals surface area contributed by atoms with Crippen molar-refractivity contribution in [2.24, 2.45) is 12.5 Å². The van der Waals surface area contributed by atoms with Crippen molar-refractivity contribution in [2.45, 2.75) is 33.1 Å².